The van der Waals surface area contributed by atoms with Crippen molar-refractivity contribution in [3.8, 4) is 0 Å². The molecule has 25 heavy (non-hydrogen) atoms. The number of benzene rings is 1. The third-order valence-corrected chi connectivity index (χ3v) is 6.59. The Balaban J connectivity index is 2.02. The number of amides is 1. The SMILES string of the molecule is Cc1ccc(S(C)(=O)=O)cc1C(=O)N1[C@H](C(=O)O)C[C@H]2CCCC[C@@H]21. The largest absolute Gasteiger partial charge is 0.480 e. The Hall–Kier alpha value is -1.89. The number of hydrogen-bond acceptors (Lipinski definition) is 4. The second kappa shape index (κ2) is 6.44. The first kappa shape index (κ1) is 17.9. The van der Waals surface area contributed by atoms with E-state index in [1.54, 1.807) is 13.0 Å². The molecule has 1 heterocycles. The Kier molecular flexibility index (Phi) is 4.62. The lowest BCUT2D eigenvalue weighted by Crippen LogP contribution is -2.46. The molecule has 1 saturated heterocycles. The molecule has 2 fully saturated rings. The van der Waals surface area contributed by atoms with E-state index in [1.807, 2.05) is 0 Å². The summed E-state index contributed by atoms with van der Waals surface area (Å²) in [6, 6.07) is 3.56. The van der Waals surface area contributed by atoms with Crippen molar-refractivity contribution in [1.82, 2.24) is 4.90 Å². The number of sulfone groups is 1. The molecule has 1 aromatic rings. The molecular weight excluding hydrogens is 342 g/mol. The molecule has 0 unspecified atom stereocenters. The first-order chi connectivity index (χ1) is 11.7. The molecule has 1 aliphatic heterocycles. The van der Waals surface area contributed by atoms with Crippen LogP contribution < -0.4 is 0 Å². The van der Waals surface area contributed by atoms with E-state index in [0.29, 0.717) is 12.0 Å². The summed E-state index contributed by atoms with van der Waals surface area (Å²) in [6.07, 6.45) is 5.39. The average Bonchev–Trinajstić information content (AvgIpc) is 2.93. The number of carboxylic acid groups (broad SMARTS) is 1. The van der Waals surface area contributed by atoms with Crippen LogP contribution in [0.25, 0.3) is 0 Å². The van der Waals surface area contributed by atoms with Gasteiger partial charge in [-0.15, -0.1) is 0 Å². The van der Waals surface area contributed by atoms with E-state index < -0.39 is 21.8 Å². The maximum atomic E-state index is 13.2. The number of hydrogen-bond donors (Lipinski definition) is 1. The third kappa shape index (κ3) is 3.29. The van der Waals surface area contributed by atoms with Crippen molar-refractivity contribution in [2.45, 2.75) is 56.0 Å². The summed E-state index contributed by atoms with van der Waals surface area (Å²) in [5, 5.41) is 9.59. The van der Waals surface area contributed by atoms with Crippen molar-refractivity contribution < 1.29 is 23.1 Å². The topological polar surface area (TPSA) is 91.8 Å². The van der Waals surface area contributed by atoms with Gasteiger partial charge in [0.05, 0.1) is 4.90 Å². The molecule has 0 aromatic heterocycles. The molecule has 1 aliphatic carbocycles. The van der Waals surface area contributed by atoms with Crippen molar-refractivity contribution in [2.75, 3.05) is 6.26 Å². The van der Waals surface area contributed by atoms with Crippen molar-refractivity contribution in [1.29, 1.82) is 0 Å². The number of aryl methyl sites for hydroxylation is 1. The van der Waals surface area contributed by atoms with Crippen LogP contribution in [-0.4, -0.2) is 48.6 Å². The highest BCUT2D eigenvalue weighted by Gasteiger charge is 2.47. The van der Waals surface area contributed by atoms with Gasteiger partial charge in [-0.2, -0.15) is 0 Å². The van der Waals surface area contributed by atoms with Gasteiger partial charge >= 0.3 is 5.97 Å². The standard InChI is InChI=1S/C18H23NO5S/c1-11-7-8-13(25(2,23)24)10-14(11)17(20)19-15-6-4-3-5-12(15)9-16(19)18(21)22/h7-8,10,12,15-16H,3-6,9H2,1-2H3,(H,21,22)/t12-,15+,16+/m1/s1. The van der Waals surface area contributed by atoms with Gasteiger partial charge in [-0.3, -0.25) is 4.79 Å². The summed E-state index contributed by atoms with van der Waals surface area (Å²) in [5.41, 5.74) is 0.932. The molecule has 0 bridgehead atoms. The molecule has 3 rings (SSSR count). The summed E-state index contributed by atoms with van der Waals surface area (Å²) in [5.74, 6) is -1.14. The van der Waals surface area contributed by atoms with Gasteiger partial charge in [-0.1, -0.05) is 18.9 Å². The van der Waals surface area contributed by atoms with Crippen molar-refractivity contribution in [3.05, 3.63) is 29.3 Å². The number of aliphatic carboxylic acids is 1. The second-order valence-corrected chi connectivity index (χ2v) is 9.18. The second-order valence-electron chi connectivity index (χ2n) is 7.16. The number of carbonyl (C=O) groups is 2. The maximum absolute atomic E-state index is 13.2. The lowest BCUT2D eigenvalue weighted by Gasteiger charge is -2.33. The fourth-order valence-corrected chi connectivity index (χ4v) is 4.82. The molecule has 7 heteroatoms. The minimum absolute atomic E-state index is 0.0661. The van der Waals surface area contributed by atoms with Crippen LogP contribution in [-0.2, 0) is 14.6 Å². The summed E-state index contributed by atoms with van der Waals surface area (Å²) in [4.78, 5) is 26.5. The zero-order valence-electron chi connectivity index (χ0n) is 14.4. The lowest BCUT2D eigenvalue weighted by molar-refractivity contribution is -0.141. The van der Waals surface area contributed by atoms with Gasteiger partial charge in [0.1, 0.15) is 6.04 Å². The molecular formula is C18H23NO5S. The zero-order valence-corrected chi connectivity index (χ0v) is 15.3. The third-order valence-electron chi connectivity index (χ3n) is 5.48. The fraction of sp³-hybridized carbons (Fsp3) is 0.556. The molecule has 2 aliphatic rings. The molecule has 3 atom stereocenters. The highest BCUT2D eigenvalue weighted by atomic mass is 32.2. The van der Waals surface area contributed by atoms with E-state index in [1.165, 1.54) is 17.0 Å². The van der Waals surface area contributed by atoms with Crippen LogP contribution in [0.3, 0.4) is 0 Å². The molecule has 0 radical (unpaired) electrons. The van der Waals surface area contributed by atoms with Crippen LogP contribution in [0.4, 0.5) is 0 Å². The van der Waals surface area contributed by atoms with Gasteiger partial charge in [-0.05, 0) is 49.8 Å². The Morgan fingerprint density at radius 3 is 2.52 bits per heavy atom. The normalized spacial score (nSPS) is 26.3. The number of nitrogens with zero attached hydrogens (tertiary/aromatic N) is 1. The molecule has 1 N–H and O–H groups in total. The molecule has 6 nitrogen and oxygen atoms in total. The number of likely N-dealkylation sites (tertiary alicyclic amines) is 1. The monoisotopic (exact) mass is 365 g/mol. The Morgan fingerprint density at radius 1 is 1.20 bits per heavy atom. The Bertz CT molecular complexity index is 817. The van der Waals surface area contributed by atoms with E-state index in [0.717, 1.165) is 31.9 Å². The molecule has 1 saturated carbocycles. The Labute approximate surface area is 147 Å². The van der Waals surface area contributed by atoms with Gasteiger partial charge in [-0.25, -0.2) is 13.2 Å². The van der Waals surface area contributed by atoms with Gasteiger partial charge < -0.3 is 10.0 Å². The first-order valence-electron chi connectivity index (χ1n) is 8.56. The summed E-state index contributed by atoms with van der Waals surface area (Å²) < 4.78 is 23.6. The first-order valence-corrected chi connectivity index (χ1v) is 10.5. The zero-order chi connectivity index (χ0) is 18.4. The van der Waals surface area contributed by atoms with Gasteiger partial charge in [0, 0.05) is 17.9 Å². The molecule has 0 spiro atoms. The summed E-state index contributed by atoms with van der Waals surface area (Å²) in [7, 11) is -3.44. The Morgan fingerprint density at radius 2 is 1.88 bits per heavy atom. The highest BCUT2D eigenvalue weighted by molar-refractivity contribution is 7.90. The van der Waals surface area contributed by atoms with Crippen LogP contribution in [0.1, 0.15) is 48.0 Å². The van der Waals surface area contributed by atoms with Crippen molar-refractivity contribution in [3.63, 3.8) is 0 Å². The quantitative estimate of drug-likeness (QED) is 0.887. The number of fused-ring (bicyclic) bond motifs is 1. The number of rotatable bonds is 3. The van der Waals surface area contributed by atoms with Crippen molar-refractivity contribution >= 4 is 21.7 Å². The average molecular weight is 365 g/mol. The van der Waals surface area contributed by atoms with E-state index in [-0.39, 0.29) is 28.3 Å². The minimum Gasteiger partial charge on any atom is -0.480 e. The number of carbonyl (C=O) groups excluding carboxylic acids is 1. The maximum Gasteiger partial charge on any atom is 0.326 e. The van der Waals surface area contributed by atoms with Crippen LogP contribution in [0.2, 0.25) is 0 Å². The minimum atomic E-state index is -3.44. The predicted octanol–water partition coefficient (Wildman–Crippen LogP) is 2.26. The van der Waals surface area contributed by atoms with Crippen LogP contribution >= 0.6 is 0 Å². The van der Waals surface area contributed by atoms with E-state index >= 15 is 0 Å². The summed E-state index contributed by atoms with van der Waals surface area (Å²) >= 11 is 0. The fourth-order valence-electron chi connectivity index (χ4n) is 4.17. The summed E-state index contributed by atoms with van der Waals surface area (Å²) in [6.45, 7) is 1.74. The smallest absolute Gasteiger partial charge is 0.326 e. The van der Waals surface area contributed by atoms with Gasteiger partial charge in [0.15, 0.2) is 9.84 Å². The molecule has 136 valence electrons. The van der Waals surface area contributed by atoms with Crippen LogP contribution in [0, 0.1) is 12.8 Å². The van der Waals surface area contributed by atoms with Gasteiger partial charge in [0.2, 0.25) is 0 Å². The lowest BCUT2D eigenvalue weighted by atomic mass is 9.84. The van der Waals surface area contributed by atoms with E-state index in [2.05, 4.69) is 0 Å². The highest BCUT2D eigenvalue weighted by Crippen LogP contribution is 2.40. The molecule has 1 amide bonds. The van der Waals surface area contributed by atoms with Gasteiger partial charge in [0.25, 0.3) is 5.91 Å². The van der Waals surface area contributed by atoms with Crippen molar-refractivity contribution in [2.24, 2.45) is 5.92 Å². The van der Waals surface area contributed by atoms with Crippen LogP contribution in [0.15, 0.2) is 23.1 Å². The predicted molar refractivity (Wildman–Crippen MR) is 92.2 cm³/mol. The number of carboxylic acids is 1. The van der Waals surface area contributed by atoms with E-state index in [9.17, 15) is 23.1 Å². The van der Waals surface area contributed by atoms with Crippen LogP contribution in [0.5, 0.6) is 0 Å². The molecule has 1 aromatic carbocycles. The van der Waals surface area contributed by atoms with E-state index in [4.69, 9.17) is 0 Å².